The summed E-state index contributed by atoms with van der Waals surface area (Å²) < 4.78 is 0. The molecule has 0 aliphatic carbocycles. The van der Waals surface area contributed by atoms with Gasteiger partial charge >= 0.3 is 0 Å². The van der Waals surface area contributed by atoms with Crippen LogP contribution in [0.1, 0.15) is 44.7 Å². The van der Waals surface area contributed by atoms with Crippen molar-refractivity contribution in [2.45, 2.75) is 26.7 Å². The minimum Gasteiger partial charge on any atom is -0.338 e. The maximum absolute atomic E-state index is 13.0. The first kappa shape index (κ1) is 23.2. The molecule has 0 spiro atoms. The first-order chi connectivity index (χ1) is 16.4. The molecular formula is C27H28N4O3. The van der Waals surface area contributed by atoms with Gasteiger partial charge in [0, 0.05) is 24.2 Å². The third-order valence-corrected chi connectivity index (χ3v) is 5.86. The number of aromatic nitrogens is 1. The van der Waals surface area contributed by atoms with E-state index >= 15 is 0 Å². The number of benzene rings is 2. The second-order valence-electron chi connectivity index (χ2n) is 8.71. The van der Waals surface area contributed by atoms with Gasteiger partial charge in [-0.25, -0.2) is 4.98 Å². The molecule has 7 heteroatoms. The van der Waals surface area contributed by atoms with Gasteiger partial charge in [-0.05, 0) is 63.1 Å². The van der Waals surface area contributed by atoms with Gasteiger partial charge in [0.15, 0.2) is 0 Å². The standard InChI is InChI=1S/C27H28N4O3/c1-18-13-19(2)15-22(14-18)27(34)31-12-6-9-21(17-31)26(33)30-24-11-10-23(16-28-24)29-25(32)20-7-4-3-5-8-20/h3-5,7-8,10-11,13-16,21H,6,9,12,17H2,1-2H3,(H,29,32)(H,28,30,33). The summed E-state index contributed by atoms with van der Waals surface area (Å²) in [5, 5.41) is 5.63. The number of aryl methyl sites for hydroxylation is 2. The van der Waals surface area contributed by atoms with Crippen molar-refractivity contribution in [3.05, 3.63) is 89.1 Å². The highest BCUT2D eigenvalue weighted by molar-refractivity contribution is 6.04. The van der Waals surface area contributed by atoms with Crippen molar-refractivity contribution < 1.29 is 14.4 Å². The van der Waals surface area contributed by atoms with Crippen molar-refractivity contribution in [2.24, 2.45) is 5.92 Å². The quantitative estimate of drug-likeness (QED) is 0.594. The summed E-state index contributed by atoms with van der Waals surface area (Å²) in [5.41, 5.74) is 3.84. The zero-order valence-electron chi connectivity index (χ0n) is 19.4. The number of hydrogen-bond donors (Lipinski definition) is 2. The Morgan fingerprint density at radius 2 is 1.65 bits per heavy atom. The first-order valence-electron chi connectivity index (χ1n) is 11.4. The molecule has 2 N–H and O–H groups in total. The monoisotopic (exact) mass is 456 g/mol. The number of nitrogens with one attached hydrogen (secondary N) is 2. The van der Waals surface area contributed by atoms with Crippen molar-refractivity contribution >= 4 is 29.2 Å². The molecule has 0 saturated carbocycles. The first-order valence-corrected chi connectivity index (χ1v) is 11.4. The SMILES string of the molecule is Cc1cc(C)cc(C(=O)N2CCCC(C(=O)Nc3ccc(NC(=O)c4ccccc4)cn3)C2)c1. The number of carbonyl (C=O) groups excluding carboxylic acids is 3. The number of rotatable bonds is 5. The van der Waals surface area contributed by atoms with Crippen LogP contribution in [-0.4, -0.2) is 40.7 Å². The lowest BCUT2D eigenvalue weighted by Crippen LogP contribution is -2.43. The van der Waals surface area contributed by atoms with E-state index in [4.69, 9.17) is 0 Å². The van der Waals surface area contributed by atoms with Gasteiger partial charge in [-0.1, -0.05) is 35.4 Å². The van der Waals surface area contributed by atoms with Crippen LogP contribution in [0.25, 0.3) is 0 Å². The molecule has 1 saturated heterocycles. The van der Waals surface area contributed by atoms with Crippen LogP contribution < -0.4 is 10.6 Å². The number of nitrogens with zero attached hydrogens (tertiary/aromatic N) is 2. The third kappa shape index (κ3) is 5.67. The predicted molar refractivity (Wildman–Crippen MR) is 132 cm³/mol. The van der Waals surface area contributed by atoms with E-state index in [9.17, 15) is 14.4 Å². The molecule has 1 aromatic heterocycles. The molecule has 1 aliphatic heterocycles. The van der Waals surface area contributed by atoms with Crippen molar-refractivity contribution in [1.29, 1.82) is 0 Å². The van der Waals surface area contributed by atoms with E-state index in [1.54, 1.807) is 41.3 Å². The summed E-state index contributed by atoms with van der Waals surface area (Å²) >= 11 is 0. The van der Waals surface area contributed by atoms with Crippen LogP contribution in [0.15, 0.2) is 66.9 Å². The number of amides is 3. The van der Waals surface area contributed by atoms with Crippen molar-refractivity contribution in [3.63, 3.8) is 0 Å². The smallest absolute Gasteiger partial charge is 0.255 e. The van der Waals surface area contributed by atoms with Crippen LogP contribution >= 0.6 is 0 Å². The minimum absolute atomic E-state index is 0.0408. The molecule has 0 radical (unpaired) electrons. The summed E-state index contributed by atoms with van der Waals surface area (Å²) in [6.45, 7) is 4.97. The number of carbonyl (C=O) groups is 3. The lowest BCUT2D eigenvalue weighted by Gasteiger charge is -2.32. The number of pyridine rings is 1. The van der Waals surface area contributed by atoms with Gasteiger partial charge in [0.1, 0.15) is 5.82 Å². The largest absolute Gasteiger partial charge is 0.338 e. The second kappa shape index (κ2) is 10.3. The highest BCUT2D eigenvalue weighted by Gasteiger charge is 2.29. The molecule has 2 aromatic carbocycles. The summed E-state index contributed by atoms with van der Waals surface area (Å²) in [6.07, 6.45) is 2.99. The number of piperidine rings is 1. The maximum Gasteiger partial charge on any atom is 0.255 e. The zero-order chi connectivity index (χ0) is 24.1. The Bertz CT molecular complexity index is 1170. The number of hydrogen-bond acceptors (Lipinski definition) is 4. The molecule has 1 atom stereocenters. The van der Waals surface area contributed by atoms with Crippen LogP contribution in [0.5, 0.6) is 0 Å². The average molecular weight is 457 g/mol. The highest BCUT2D eigenvalue weighted by Crippen LogP contribution is 2.21. The Labute approximate surface area is 199 Å². The second-order valence-corrected chi connectivity index (χ2v) is 8.71. The fourth-order valence-corrected chi connectivity index (χ4v) is 4.22. The molecule has 3 amide bonds. The molecule has 2 heterocycles. The third-order valence-electron chi connectivity index (χ3n) is 5.86. The molecule has 34 heavy (non-hydrogen) atoms. The van der Waals surface area contributed by atoms with Gasteiger partial charge in [-0.3, -0.25) is 14.4 Å². The molecule has 1 fully saturated rings. The van der Waals surface area contributed by atoms with E-state index in [-0.39, 0.29) is 23.6 Å². The van der Waals surface area contributed by atoms with Crippen LogP contribution in [0.3, 0.4) is 0 Å². The summed E-state index contributed by atoms with van der Waals surface area (Å²) in [7, 11) is 0. The van der Waals surface area contributed by atoms with E-state index in [2.05, 4.69) is 15.6 Å². The Morgan fingerprint density at radius 1 is 0.912 bits per heavy atom. The van der Waals surface area contributed by atoms with E-state index in [0.29, 0.717) is 42.1 Å². The predicted octanol–water partition coefficient (Wildman–Crippen LogP) is 4.44. The molecule has 7 nitrogen and oxygen atoms in total. The summed E-state index contributed by atoms with van der Waals surface area (Å²) in [5.74, 6) is -0.328. The normalized spacial score (nSPS) is 15.5. The fourth-order valence-electron chi connectivity index (χ4n) is 4.22. The minimum atomic E-state index is -0.303. The van der Waals surface area contributed by atoms with Crippen molar-refractivity contribution in [1.82, 2.24) is 9.88 Å². The van der Waals surface area contributed by atoms with Gasteiger partial charge in [0.05, 0.1) is 17.8 Å². The molecule has 174 valence electrons. The Balaban J connectivity index is 1.35. The molecule has 0 bridgehead atoms. The van der Waals surface area contributed by atoms with Crippen LogP contribution in [0.2, 0.25) is 0 Å². The summed E-state index contributed by atoms with van der Waals surface area (Å²) in [4.78, 5) is 44.2. The lowest BCUT2D eigenvalue weighted by molar-refractivity contribution is -0.121. The fraction of sp³-hybridized carbons (Fsp3) is 0.259. The Hall–Kier alpha value is -4.00. The molecule has 3 aromatic rings. The molecular weight excluding hydrogens is 428 g/mol. The Morgan fingerprint density at radius 3 is 2.32 bits per heavy atom. The van der Waals surface area contributed by atoms with Gasteiger partial charge in [-0.2, -0.15) is 0 Å². The highest BCUT2D eigenvalue weighted by atomic mass is 16.2. The topological polar surface area (TPSA) is 91.4 Å². The number of anilines is 2. The van der Waals surface area contributed by atoms with E-state index < -0.39 is 0 Å². The molecule has 1 unspecified atom stereocenters. The van der Waals surface area contributed by atoms with Gasteiger partial charge in [-0.15, -0.1) is 0 Å². The average Bonchev–Trinajstić information content (AvgIpc) is 2.84. The van der Waals surface area contributed by atoms with Crippen molar-refractivity contribution in [2.75, 3.05) is 23.7 Å². The van der Waals surface area contributed by atoms with E-state index in [1.807, 2.05) is 38.1 Å². The van der Waals surface area contributed by atoms with Gasteiger partial charge < -0.3 is 15.5 Å². The molecule has 1 aliphatic rings. The zero-order valence-corrected chi connectivity index (χ0v) is 19.4. The lowest BCUT2D eigenvalue weighted by atomic mass is 9.96. The summed E-state index contributed by atoms with van der Waals surface area (Å²) in [6, 6.07) is 18.1. The van der Waals surface area contributed by atoms with E-state index in [0.717, 1.165) is 17.5 Å². The van der Waals surface area contributed by atoms with Gasteiger partial charge in [0.2, 0.25) is 5.91 Å². The number of likely N-dealkylation sites (tertiary alicyclic amines) is 1. The molecule has 4 rings (SSSR count). The van der Waals surface area contributed by atoms with Crippen LogP contribution in [-0.2, 0) is 4.79 Å². The maximum atomic E-state index is 13.0. The van der Waals surface area contributed by atoms with E-state index in [1.165, 1.54) is 6.20 Å². The Kier molecular flexibility index (Phi) is 7.01. The van der Waals surface area contributed by atoms with Gasteiger partial charge in [0.25, 0.3) is 11.8 Å². The van der Waals surface area contributed by atoms with Crippen molar-refractivity contribution in [3.8, 4) is 0 Å². The van der Waals surface area contributed by atoms with Crippen LogP contribution in [0.4, 0.5) is 11.5 Å². The van der Waals surface area contributed by atoms with Crippen LogP contribution in [0, 0.1) is 19.8 Å².